The van der Waals surface area contributed by atoms with Gasteiger partial charge in [-0.3, -0.25) is 14.4 Å². The van der Waals surface area contributed by atoms with E-state index in [9.17, 15) is 17.6 Å². The zero-order chi connectivity index (χ0) is 49.0. The van der Waals surface area contributed by atoms with Gasteiger partial charge in [0.05, 0.1) is 29.4 Å². The minimum Gasteiger partial charge on any atom is -0.381 e. The molecular formula is C56H64FN7O4S2. The Labute approximate surface area is 417 Å². The molecule has 0 bridgehead atoms. The third-order valence-electron chi connectivity index (χ3n) is 13.2. The predicted molar refractivity (Wildman–Crippen MR) is 283 cm³/mol. The maximum Gasteiger partial charge on any atom is 0.261 e. The van der Waals surface area contributed by atoms with Crippen LogP contribution in [0.5, 0.6) is 0 Å². The molecule has 2 fully saturated rings. The molecule has 2 aliphatic rings. The average Bonchev–Trinajstić information content (AvgIpc) is 3.64. The molecule has 6 aromatic rings. The number of benzene rings is 5. The second-order valence-corrected chi connectivity index (χ2v) is 21.0. The van der Waals surface area contributed by atoms with Gasteiger partial charge in [-0.25, -0.2) is 12.8 Å². The molecule has 8 rings (SSSR count). The fourth-order valence-corrected chi connectivity index (χ4v) is 11.1. The number of morpholine rings is 1. The number of anilines is 2. The third-order valence-corrected chi connectivity index (χ3v) is 15.7. The van der Waals surface area contributed by atoms with Crippen LogP contribution in [0.2, 0.25) is 0 Å². The number of nitrogens with zero attached hydrogens (tertiary/aromatic N) is 4. The van der Waals surface area contributed by atoms with Crippen LogP contribution in [0.3, 0.4) is 0 Å². The molecule has 366 valence electrons. The van der Waals surface area contributed by atoms with Crippen LogP contribution in [-0.2, 0) is 21.8 Å². The van der Waals surface area contributed by atoms with Crippen LogP contribution in [0.15, 0.2) is 131 Å². The van der Waals surface area contributed by atoms with E-state index in [-0.39, 0.29) is 22.7 Å². The van der Waals surface area contributed by atoms with E-state index in [1.807, 2.05) is 73.6 Å². The number of halogens is 1. The van der Waals surface area contributed by atoms with E-state index >= 15 is 0 Å². The van der Waals surface area contributed by atoms with E-state index in [4.69, 9.17) is 4.74 Å². The van der Waals surface area contributed by atoms with Gasteiger partial charge in [0.15, 0.2) is 0 Å². The molecule has 0 aliphatic carbocycles. The Morgan fingerprint density at radius 1 is 0.771 bits per heavy atom. The lowest BCUT2D eigenvalue weighted by molar-refractivity contribution is 0.0370. The molecule has 0 saturated carbocycles. The molecule has 3 N–H and O–H groups in total. The highest BCUT2D eigenvalue weighted by Gasteiger charge is 2.26. The maximum atomic E-state index is 14.2. The van der Waals surface area contributed by atoms with E-state index in [2.05, 4.69) is 73.2 Å². The number of likely N-dealkylation sites (N-methyl/N-ethyl adjacent to an activating group) is 1. The maximum absolute atomic E-state index is 14.2. The lowest BCUT2D eigenvalue weighted by Crippen LogP contribution is -2.45. The second kappa shape index (κ2) is 23.8. The largest absolute Gasteiger partial charge is 0.381 e. The van der Waals surface area contributed by atoms with Crippen molar-refractivity contribution in [1.29, 1.82) is 0 Å². The molecule has 14 heteroatoms. The summed E-state index contributed by atoms with van der Waals surface area (Å²) in [6.07, 6.45) is 1.79. The van der Waals surface area contributed by atoms with Crippen molar-refractivity contribution in [2.45, 2.75) is 42.5 Å². The smallest absolute Gasteiger partial charge is 0.261 e. The number of thioether (sulfide) groups is 1. The lowest BCUT2D eigenvalue weighted by atomic mass is 9.95. The van der Waals surface area contributed by atoms with Crippen molar-refractivity contribution in [3.05, 3.63) is 155 Å². The number of ether oxygens (including phenoxy) is 1. The first-order valence-corrected chi connectivity index (χ1v) is 26.6. The number of aryl methyl sites for hydroxylation is 1. The van der Waals surface area contributed by atoms with Crippen molar-refractivity contribution in [3.63, 3.8) is 0 Å². The molecule has 1 aromatic heterocycles. The summed E-state index contributed by atoms with van der Waals surface area (Å²) in [4.78, 5) is 22.7. The van der Waals surface area contributed by atoms with E-state index in [0.29, 0.717) is 23.4 Å². The van der Waals surface area contributed by atoms with Crippen molar-refractivity contribution in [1.82, 2.24) is 24.6 Å². The van der Waals surface area contributed by atoms with Gasteiger partial charge in [-0.05, 0) is 148 Å². The normalized spacial score (nSPS) is 15.2. The summed E-state index contributed by atoms with van der Waals surface area (Å²) in [5.41, 5.74) is 8.16. The van der Waals surface area contributed by atoms with Gasteiger partial charge in [0, 0.05) is 110 Å². The first-order chi connectivity index (χ1) is 33.9. The molecule has 11 nitrogen and oxygen atoms in total. The average molecular weight is 982 g/mol. The minimum absolute atomic E-state index is 0.153. The summed E-state index contributed by atoms with van der Waals surface area (Å²) in [6, 6.07) is 36.9. The van der Waals surface area contributed by atoms with Crippen LogP contribution in [0.25, 0.3) is 22.4 Å². The Kier molecular flexibility index (Phi) is 17.2. The molecule has 70 heavy (non-hydrogen) atoms. The summed E-state index contributed by atoms with van der Waals surface area (Å²) in [6.45, 7) is 13.8. The lowest BCUT2D eigenvalue weighted by Gasteiger charge is -2.32. The molecule has 3 heterocycles. The van der Waals surface area contributed by atoms with Crippen molar-refractivity contribution < 1.29 is 22.3 Å². The van der Waals surface area contributed by atoms with E-state index < -0.39 is 10.0 Å². The monoisotopic (exact) mass is 981 g/mol. The quantitative estimate of drug-likeness (QED) is 0.0442. The number of nitrogens with one attached hydrogen (secondary N) is 3. The Morgan fingerprint density at radius 3 is 2.21 bits per heavy atom. The Hall–Kier alpha value is -5.92. The van der Waals surface area contributed by atoms with E-state index in [1.54, 1.807) is 48.5 Å². The number of sulfonamides is 1. The van der Waals surface area contributed by atoms with Crippen molar-refractivity contribution in [3.8, 4) is 34.2 Å². The van der Waals surface area contributed by atoms with E-state index in [0.717, 1.165) is 129 Å². The van der Waals surface area contributed by atoms with Gasteiger partial charge in [0.2, 0.25) is 0 Å². The second-order valence-electron chi connectivity index (χ2n) is 18.2. The molecule has 1 atom stereocenters. The van der Waals surface area contributed by atoms with Crippen LogP contribution >= 0.6 is 11.8 Å². The molecule has 0 unspecified atom stereocenters. The fourth-order valence-electron chi connectivity index (χ4n) is 8.96. The number of hydrogen-bond donors (Lipinski definition) is 3. The van der Waals surface area contributed by atoms with Gasteiger partial charge >= 0.3 is 0 Å². The Morgan fingerprint density at radius 2 is 1.49 bits per heavy atom. The highest BCUT2D eigenvalue weighted by molar-refractivity contribution is 7.99. The summed E-state index contributed by atoms with van der Waals surface area (Å²) in [5.74, 6) is 6.89. The number of carbonyl (C=O) groups excluding carboxylic acids is 1. The summed E-state index contributed by atoms with van der Waals surface area (Å²) in [7, 11) is 0.187. The fraction of sp³-hybridized carbons (Fsp3) is 0.339. The van der Waals surface area contributed by atoms with Crippen LogP contribution in [0.1, 0.15) is 45.6 Å². The number of carbonyl (C=O) groups is 1. The molecule has 0 spiro atoms. The van der Waals surface area contributed by atoms with Gasteiger partial charge < -0.3 is 29.7 Å². The van der Waals surface area contributed by atoms with Crippen LogP contribution < -0.4 is 15.4 Å². The first-order valence-electron chi connectivity index (χ1n) is 24.1. The molecule has 0 radical (unpaired) electrons. The first kappa shape index (κ1) is 50.5. The molecule has 2 saturated heterocycles. The Balaban J connectivity index is 0.942. The standard InChI is InChI=1S/C56H64FN7O4S2/c1-41-38-51(24-25-52(41)59-49(26-29-64-34-36-68-37-35-64)40-69-50-12-6-5-7-13-50)70(66,67)60-48-22-16-43(17-23-48)14-15-44-10-8-11-46(39-44)54-53(42(2)62(4)55(54)45-18-20-47(57)21-19-45)56(65)58-27-9-28-63-32-30-61(3)31-33-63/h5-8,10-13,16-25,38-39,49,59-60H,9,26-37,40H2,1-4H3,(H,58,65)/t49-/m1/s1. The highest BCUT2D eigenvalue weighted by atomic mass is 32.2. The van der Waals surface area contributed by atoms with Crippen molar-refractivity contribution >= 4 is 39.1 Å². The van der Waals surface area contributed by atoms with Gasteiger partial charge in [0.25, 0.3) is 15.9 Å². The number of aromatic nitrogens is 1. The van der Waals surface area contributed by atoms with E-state index in [1.165, 1.54) is 17.0 Å². The molecule has 5 aromatic carbocycles. The van der Waals surface area contributed by atoms with Crippen molar-refractivity contribution in [2.24, 2.45) is 7.05 Å². The van der Waals surface area contributed by atoms with Gasteiger partial charge in [-0.15, -0.1) is 11.8 Å². The molecule has 2 aliphatic heterocycles. The molecular weight excluding hydrogens is 918 g/mol. The van der Waals surface area contributed by atoms with Gasteiger partial charge in [-0.2, -0.15) is 0 Å². The topological polar surface area (TPSA) is 111 Å². The summed E-state index contributed by atoms with van der Waals surface area (Å²) >= 11 is 1.82. The summed E-state index contributed by atoms with van der Waals surface area (Å²) in [5, 5.41) is 6.92. The predicted octanol–water partition coefficient (Wildman–Crippen LogP) is 8.98. The molecule has 1 amide bonds. The number of amides is 1. The third kappa shape index (κ3) is 13.3. The van der Waals surface area contributed by atoms with Crippen LogP contribution in [0.4, 0.5) is 15.8 Å². The van der Waals surface area contributed by atoms with Gasteiger partial charge in [-0.1, -0.05) is 42.2 Å². The van der Waals surface area contributed by atoms with Gasteiger partial charge in [0.1, 0.15) is 5.82 Å². The summed E-state index contributed by atoms with van der Waals surface area (Å²) < 4.78 is 51.8. The van der Waals surface area contributed by atoms with Crippen LogP contribution in [0, 0.1) is 31.5 Å². The zero-order valence-electron chi connectivity index (χ0n) is 40.6. The number of rotatable bonds is 18. The number of piperazine rings is 1. The highest BCUT2D eigenvalue weighted by Crippen LogP contribution is 2.39. The zero-order valence-corrected chi connectivity index (χ0v) is 42.3. The minimum atomic E-state index is -3.89. The van der Waals surface area contributed by atoms with Crippen LogP contribution in [-0.4, -0.2) is 125 Å². The SMILES string of the molecule is Cc1cc(S(=O)(=O)Nc2ccc(C#Cc3cccc(-c4c(C(=O)NCCCN5CCN(C)CC5)c(C)n(C)c4-c4ccc(F)cc4)c3)cc2)ccc1N[C@H](CCN1CCOCC1)CSc1ccccc1. The number of hydrogen-bond acceptors (Lipinski definition) is 9. The Bertz CT molecular complexity index is 2890. The van der Waals surface area contributed by atoms with Crippen molar-refractivity contribution in [2.75, 3.05) is 95.0 Å².